The Morgan fingerprint density at radius 1 is 1.29 bits per heavy atom. The summed E-state index contributed by atoms with van der Waals surface area (Å²) in [6, 6.07) is 0. The zero-order valence-electron chi connectivity index (χ0n) is 9.17. The molecule has 0 unspecified atom stereocenters. The van der Waals surface area contributed by atoms with Crippen LogP contribution in [0.1, 0.15) is 32.6 Å². The highest BCUT2D eigenvalue weighted by atomic mass is 16.5. The highest BCUT2D eigenvalue weighted by molar-refractivity contribution is 5.87. The van der Waals surface area contributed by atoms with Crippen molar-refractivity contribution in [2.45, 2.75) is 32.6 Å². The van der Waals surface area contributed by atoms with Crippen LogP contribution < -0.4 is 0 Å². The van der Waals surface area contributed by atoms with Crippen molar-refractivity contribution in [1.29, 1.82) is 0 Å². The second-order valence-electron chi connectivity index (χ2n) is 3.16. The Morgan fingerprint density at radius 3 is 2.57 bits per heavy atom. The van der Waals surface area contributed by atoms with E-state index in [1.165, 1.54) is 7.11 Å². The number of hydrogen-bond donors (Lipinski definition) is 0. The fourth-order valence-electron chi connectivity index (χ4n) is 1.04. The Bertz CT molecular complexity index is 175. The summed E-state index contributed by atoms with van der Waals surface area (Å²) >= 11 is 0. The van der Waals surface area contributed by atoms with E-state index >= 15 is 0 Å². The normalized spacial score (nSPS) is 9.86. The SMILES string of the molecule is C=C(CCCCOCCC)C(=O)OC. The highest BCUT2D eigenvalue weighted by Gasteiger charge is 2.04. The molecule has 0 aromatic rings. The van der Waals surface area contributed by atoms with Crippen LogP contribution in [0, 0.1) is 0 Å². The van der Waals surface area contributed by atoms with E-state index in [0.29, 0.717) is 12.0 Å². The van der Waals surface area contributed by atoms with Crippen LogP contribution >= 0.6 is 0 Å². The quantitative estimate of drug-likeness (QED) is 0.342. The smallest absolute Gasteiger partial charge is 0.333 e. The molecular weight excluding hydrogens is 180 g/mol. The molecule has 0 heterocycles. The second kappa shape index (κ2) is 8.75. The van der Waals surface area contributed by atoms with Gasteiger partial charge in [0.1, 0.15) is 0 Å². The maximum absolute atomic E-state index is 10.9. The van der Waals surface area contributed by atoms with Crippen molar-refractivity contribution in [2.75, 3.05) is 20.3 Å². The fourth-order valence-corrected chi connectivity index (χ4v) is 1.04. The van der Waals surface area contributed by atoms with Crippen molar-refractivity contribution in [1.82, 2.24) is 0 Å². The van der Waals surface area contributed by atoms with Gasteiger partial charge in [-0.25, -0.2) is 4.79 Å². The lowest BCUT2D eigenvalue weighted by Gasteiger charge is -2.04. The van der Waals surface area contributed by atoms with Crippen LogP contribution in [0.4, 0.5) is 0 Å². The molecule has 0 saturated heterocycles. The average molecular weight is 200 g/mol. The number of unbranched alkanes of at least 4 members (excludes halogenated alkanes) is 1. The zero-order valence-corrected chi connectivity index (χ0v) is 9.17. The molecule has 0 radical (unpaired) electrons. The number of rotatable bonds is 8. The molecule has 0 atom stereocenters. The minimum atomic E-state index is -0.306. The van der Waals surface area contributed by atoms with Crippen molar-refractivity contribution < 1.29 is 14.3 Å². The van der Waals surface area contributed by atoms with E-state index in [9.17, 15) is 4.79 Å². The standard InChI is InChI=1S/C11H20O3/c1-4-8-14-9-6-5-7-10(2)11(12)13-3/h2,4-9H2,1,3H3. The predicted octanol–water partition coefficient (Wildman–Crippen LogP) is 2.31. The van der Waals surface area contributed by atoms with E-state index in [4.69, 9.17) is 4.74 Å². The molecule has 0 aromatic heterocycles. The number of ether oxygens (including phenoxy) is 2. The van der Waals surface area contributed by atoms with E-state index in [2.05, 4.69) is 18.2 Å². The largest absolute Gasteiger partial charge is 0.466 e. The third-order valence-electron chi connectivity index (χ3n) is 1.84. The Balaban J connectivity index is 3.27. The van der Waals surface area contributed by atoms with Gasteiger partial charge in [-0.15, -0.1) is 0 Å². The number of methoxy groups -OCH3 is 1. The van der Waals surface area contributed by atoms with E-state index in [-0.39, 0.29) is 5.97 Å². The van der Waals surface area contributed by atoms with Gasteiger partial charge in [-0.2, -0.15) is 0 Å². The average Bonchev–Trinajstić information content (AvgIpc) is 2.21. The summed E-state index contributed by atoms with van der Waals surface area (Å²) in [6.07, 6.45) is 3.64. The molecule has 0 spiro atoms. The molecule has 0 amide bonds. The number of carbonyl (C=O) groups excluding carboxylic acids is 1. The van der Waals surface area contributed by atoms with E-state index in [1.54, 1.807) is 0 Å². The van der Waals surface area contributed by atoms with Gasteiger partial charge in [0.25, 0.3) is 0 Å². The van der Waals surface area contributed by atoms with Crippen LogP contribution in [0.2, 0.25) is 0 Å². The van der Waals surface area contributed by atoms with E-state index in [0.717, 1.165) is 32.5 Å². The second-order valence-corrected chi connectivity index (χ2v) is 3.16. The molecule has 0 aromatic carbocycles. The summed E-state index contributed by atoms with van der Waals surface area (Å²) in [6.45, 7) is 7.31. The molecular formula is C11H20O3. The van der Waals surface area contributed by atoms with Gasteiger partial charge in [0, 0.05) is 18.8 Å². The van der Waals surface area contributed by atoms with Crippen LogP contribution in [0.3, 0.4) is 0 Å². The Morgan fingerprint density at radius 2 is 2.00 bits per heavy atom. The van der Waals surface area contributed by atoms with Crippen LogP contribution in [0.15, 0.2) is 12.2 Å². The summed E-state index contributed by atoms with van der Waals surface area (Å²) in [4.78, 5) is 10.9. The molecule has 0 aliphatic carbocycles. The van der Waals surface area contributed by atoms with Crippen molar-refractivity contribution in [3.8, 4) is 0 Å². The Hall–Kier alpha value is -0.830. The monoisotopic (exact) mass is 200 g/mol. The van der Waals surface area contributed by atoms with Crippen LogP contribution in [-0.4, -0.2) is 26.3 Å². The highest BCUT2D eigenvalue weighted by Crippen LogP contribution is 2.06. The summed E-state index contributed by atoms with van der Waals surface area (Å²) in [5.74, 6) is -0.306. The van der Waals surface area contributed by atoms with E-state index in [1.807, 2.05) is 0 Å². The van der Waals surface area contributed by atoms with Crippen molar-refractivity contribution >= 4 is 5.97 Å². The summed E-state index contributed by atoms with van der Waals surface area (Å²) in [5.41, 5.74) is 0.544. The van der Waals surface area contributed by atoms with Crippen LogP contribution in [0.5, 0.6) is 0 Å². The van der Waals surface area contributed by atoms with Gasteiger partial charge in [0.2, 0.25) is 0 Å². The van der Waals surface area contributed by atoms with Crippen LogP contribution in [0.25, 0.3) is 0 Å². The topological polar surface area (TPSA) is 35.5 Å². The number of carbonyl (C=O) groups is 1. The lowest BCUT2D eigenvalue weighted by molar-refractivity contribution is -0.136. The lowest BCUT2D eigenvalue weighted by atomic mass is 10.1. The molecule has 0 bridgehead atoms. The maximum atomic E-state index is 10.9. The number of hydrogen-bond acceptors (Lipinski definition) is 3. The first-order chi connectivity index (χ1) is 6.72. The lowest BCUT2D eigenvalue weighted by Crippen LogP contribution is -2.04. The van der Waals surface area contributed by atoms with Gasteiger partial charge in [-0.05, 0) is 25.7 Å². The maximum Gasteiger partial charge on any atom is 0.333 e. The minimum absolute atomic E-state index is 0.306. The summed E-state index contributed by atoms with van der Waals surface area (Å²) < 4.78 is 9.84. The van der Waals surface area contributed by atoms with Gasteiger partial charge >= 0.3 is 5.97 Å². The molecule has 0 N–H and O–H groups in total. The Kier molecular flexibility index (Phi) is 8.24. The van der Waals surface area contributed by atoms with E-state index < -0.39 is 0 Å². The molecule has 0 saturated carbocycles. The molecule has 0 fully saturated rings. The molecule has 14 heavy (non-hydrogen) atoms. The number of esters is 1. The molecule has 82 valence electrons. The zero-order chi connectivity index (χ0) is 10.8. The molecule has 3 nitrogen and oxygen atoms in total. The first kappa shape index (κ1) is 13.2. The summed E-state index contributed by atoms with van der Waals surface area (Å²) in [7, 11) is 1.37. The first-order valence-corrected chi connectivity index (χ1v) is 5.06. The van der Waals surface area contributed by atoms with Crippen molar-refractivity contribution in [2.24, 2.45) is 0 Å². The molecule has 0 rings (SSSR count). The molecule has 3 heteroatoms. The van der Waals surface area contributed by atoms with Gasteiger partial charge in [-0.1, -0.05) is 13.5 Å². The van der Waals surface area contributed by atoms with Crippen molar-refractivity contribution in [3.63, 3.8) is 0 Å². The van der Waals surface area contributed by atoms with Gasteiger partial charge in [0.15, 0.2) is 0 Å². The van der Waals surface area contributed by atoms with Gasteiger partial charge < -0.3 is 9.47 Å². The van der Waals surface area contributed by atoms with Gasteiger partial charge in [0.05, 0.1) is 7.11 Å². The third-order valence-corrected chi connectivity index (χ3v) is 1.84. The molecule has 0 aliphatic rings. The fraction of sp³-hybridized carbons (Fsp3) is 0.727. The Labute approximate surface area is 86.1 Å². The molecule has 0 aliphatic heterocycles. The van der Waals surface area contributed by atoms with Crippen LogP contribution in [-0.2, 0) is 14.3 Å². The first-order valence-electron chi connectivity index (χ1n) is 5.06. The predicted molar refractivity (Wildman–Crippen MR) is 56.1 cm³/mol. The summed E-state index contributed by atoms with van der Waals surface area (Å²) in [5, 5.41) is 0. The minimum Gasteiger partial charge on any atom is -0.466 e. The van der Waals surface area contributed by atoms with Gasteiger partial charge in [-0.3, -0.25) is 0 Å². The van der Waals surface area contributed by atoms with Crippen molar-refractivity contribution in [3.05, 3.63) is 12.2 Å². The third kappa shape index (κ3) is 6.66.